The third-order valence-corrected chi connectivity index (χ3v) is 4.48. The van der Waals surface area contributed by atoms with Gasteiger partial charge in [0.15, 0.2) is 0 Å². The zero-order valence-corrected chi connectivity index (χ0v) is 15.6. The molecule has 4 rings (SSSR count). The fourth-order valence-corrected chi connectivity index (χ4v) is 3.01. The van der Waals surface area contributed by atoms with E-state index in [1.807, 2.05) is 37.3 Å². The second-order valence-corrected chi connectivity index (χ2v) is 6.48. The van der Waals surface area contributed by atoms with E-state index < -0.39 is 5.97 Å². The van der Waals surface area contributed by atoms with Gasteiger partial charge in [-0.2, -0.15) is 4.98 Å². The number of hydrogen-bond donors (Lipinski definition) is 3. The van der Waals surface area contributed by atoms with Crippen molar-refractivity contribution in [2.45, 2.75) is 6.92 Å². The van der Waals surface area contributed by atoms with Crippen molar-refractivity contribution in [3.8, 4) is 11.6 Å². The van der Waals surface area contributed by atoms with Crippen LogP contribution in [-0.2, 0) is 0 Å². The molecule has 0 radical (unpaired) electrons. The Morgan fingerprint density at radius 1 is 1.07 bits per heavy atom. The quantitative estimate of drug-likeness (QED) is 0.424. The van der Waals surface area contributed by atoms with E-state index in [1.54, 1.807) is 30.5 Å². The lowest BCUT2D eigenvalue weighted by Crippen LogP contribution is -2.02. The minimum Gasteiger partial charge on any atom is -0.478 e. The number of nitrogens with one attached hydrogen (secondary N) is 1. The van der Waals surface area contributed by atoms with Gasteiger partial charge in [-0.3, -0.25) is 0 Å². The second-order valence-electron chi connectivity index (χ2n) is 6.48. The van der Waals surface area contributed by atoms with Crippen LogP contribution in [0.2, 0.25) is 0 Å². The summed E-state index contributed by atoms with van der Waals surface area (Å²) in [6.45, 7) is 1.82. The van der Waals surface area contributed by atoms with Gasteiger partial charge in [0, 0.05) is 34.4 Å². The van der Waals surface area contributed by atoms with Crippen molar-refractivity contribution in [3.05, 3.63) is 78.0 Å². The third-order valence-electron chi connectivity index (χ3n) is 4.48. The summed E-state index contributed by atoms with van der Waals surface area (Å²) in [6.07, 6.45) is 1.59. The molecular weight excluding hydrogens is 368 g/mol. The highest BCUT2D eigenvalue weighted by atomic mass is 16.5. The number of nitrogens with zero attached hydrogens (tertiary/aromatic N) is 2. The predicted octanol–water partition coefficient (Wildman–Crippen LogP) is 4.75. The molecule has 7 nitrogen and oxygen atoms in total. The molecule has 4 N–H and O–H groups in total. The van der Waals surface area contributed by atoms with E-state index in [0.717, 1.165) is 16.3 Å². The van der Waals surface area contributed by atoms with Gasteiger partial charge in [-0.1, -0.05) is 24.3 Å². The SMILES string of the molecule is Cc1cc(C(=O)O)ccc1Nc1nccc(Oc2ccc(N)c3ccccc23)n1. The molecule has 4 aromatic rings. The Morgan fingerprint density at radius 3 is 2.62 bits per heavy atom. The first-order valence-corrected chi connectivity index (χ1v) is 8.90. The van der Waals surface area contributed by atoms with Crippen LogP contribution in [-0.4, -0.2) is 21.0 Å². The number of nitrogen functional groups attached to an aromatic ring is 1. The smallest absolute Gasteiger partial charge is 0.335 e. The molecule has 0 atom stereocenters. The molecule has 0 aliphatic rings. The van der Waals surface area contributed by atoms with Gasteiger partial charge in [0.05, 0.1) is 5.56 Å². The second kappa shape index (κ2) is 7.47. The van der Waals surface area contributed by atoms with Crippen molar-refractivity contribution in [1.29, 1.82) is 0 Å². The summed E-state index contributed by atoms with van der Waals surface area (Å²) < 4.78 is 5.98. The first-order valence-electron chi connectivity index (χ1n) is 8.90. The number of aryl methyl sites for hydroxylation is 1. The Morgan fingerprint density at radius 2 is 1.86 bits per heavy atom. The lowest BCUT2D eigenvalue weighted by atomic mass is 10.1. The highest BCUT2D eigenvalue weighted by molar-refractivity contribution is 5.97. The fraction of sp³-hybridized carbons (Fsp3) is 0.0455. The van der Waals surface area contributed by atoms with Crippen molar-refractivity contribution in [2.75, 3.05) is 11.1 Å². The highest BCUT2D eigenvalue weighted by Gasteiger charge is 2.10. The van der Waals surface area contributed by atoms with Crippen LogP contribution in [0, 0.1) is 6.92 Å². The van der Waals surface area contributed by atoms with Crippen molar-refractivity contribution in [2.24, 2.45) is 0 Å². The number of nitrogens with two attached hydrogens (primary N) is 1. The van der Waals surface area contributed by atoms with Crippen LogP contribution in [0.4, 0.5) is 17.3 Å². The predicted molar refractivity (Wildman–Crippen MR) is 112 cm³/mol. The maximum absolute atomic E-state index is 11.1. The van der Waals surface area contributed by atoms with E-state index >= 15 is 0 Å². The first-order chi connectivity index (χ1) is 14.0. The molecule has 0 unspecified atom stereocenters. The summed E-state index contributed by atoms with van der Waals surface area (Å²) in [6, 6.07) is 17.8. The van der Waals surface area contributed by atoms with Crippen molar-refractivity contribution in [3.63, 3.8) is 0 Å². The fourth-order valence-electron chi connectivity index (χ4n) is 3.01. The van der Waals surface area contributed by atoms with Crippen LogP contribution in [0.3, 0.4) is 0 Å². The largest absolute Gasteiger partial charge is 0.478 e. The molecule has 144 valence electrons. The van der Waals surface area contributed by atoms with Gasteiger partial charge in [-0.05, 0) is 42.8 Å². The van der Waals surface area contributed by atoms with Gasteiger partial charge < -0.3 is 20.9 Å². The van der Waals surface area contributed by atoms with E-state index in [1.165, 1.54) is 6.07 Å². The molecule has 0 fully saturated rings. The molecule has 29 heavy (non-hydrogen) atoms. The van der Waals surface area contributed by atoms with Gasteiger partial charge >= 0.3 is 5.97 Å². The van der Waals surface area contributed by atoms with E-state index in [2.05, 4.69) is 15.3 Å². The molecular formula is C22H18N4O3. The number of carbonyl (C=O) groups is 1. The molecule has 0 aliphatic carbocycles. The summed E-state index contributed by atoms with van der Waals surface area (Å²) in [7, 11) is 0. The zero-order chi connectivity index (χ0) is 20.4. The Bertz CT molecular complexity index is 1220. The van der Waals surface area contributed by atoms with Gasteiger partial charge in [0.2, 0.25) is 11.8 Å². The number of ether oxygens (including phenoxy) is 1. The van der Waals surface area contributed by atoms with Gasteiger partial charge in [0.25, 0.3) is 0 Å². The Balaban J connectivity index is 1.60. The zero-order valence-electron chi connectivity index (χ0n) is 15.6. The Kier molecular flexibility index (Phi) is 4.70. The average molecular weight is 386 g/mol. The number of anilines is 3. The number of carboxylic acids is 1. The maximum Gasteiger partial charge on any atom is 0.335 e. The van der Waals surface area contributed by atoms with E-state index in [4.69, 9.17) is 15.6 Å². The normalized spacial score (nSPS) is 10.7. The van der Waals surface area contributed by atoms with Crippen LogP contribution >= 0.6 is 0 Å². The minimum absolute atomic E-state index is 0.223. The number of aromatic carboxylic acids is 1. The number of carboxylic acid groups (broad SMARTS) is 1. The van der Waals surface area contributed by atoms with Crippen LogP contribution in [0.25, 0.3) is 10.8 Å². The van der Waals surface area contributed by atoms with E-state index in [0.29, 0.717) is 29.0 Å². The summed E-state index contributed by atoms with van der Waals surface area (Å²) in [5, 5.41) is 14.0. The molecule has 1 heterocycles. The highest BCUT2D eigenvalue weighted by Crippen LogP contribution is 2.32. The van der Waals surface area contributed by atoms with E-state index in [-0.39, 0.29) is 5.56 Å². The number of aromatic nitrogens is 2. The van der Waals surface area contributed by atoms with Crippen LogP contribution in [0.5, 0.6) is 11.6 Å². The minimum atomic E-state index is -0.970. The number of hydrogen-bond acceptors (Lipinski definition) is 6. The lowest BCUT2D eigenvalue weighted by molar-refractivity contribution is 0.0697. The molecule has 0 amide bonds. The van der Waals surface area contributed by atoms with Crippen LogP contribution in [0.15, 0.2) is 66.9 Å². The Hall–Kier alpha value is -4.13. The standard InChI is InChI=1S/C22H18N4O3/c1-13-12-14(21(27)28)6-8-18(13)25-22-24-11-10-20(26-22)29-19-9-7-17(23)15-4-2-3-5-16(15)19/h2-12H,23H2,1H3,(H,27,28)(H,24,25,26). The summed E-state index contributed by atoms with van der Waals surface area (Å²) in [5.41, 5.74) is 8.43. The van der Waals surface area contributed by atoms with Crippen LogP contribution < -0.4 is 15.8 Å². The molecule has 0 aliphatic heterocycles. The number of rotatable bonds is 5. The van der Waals surface area contributed by atoms with Crippen molar-refractivity contribution < 1.29 is 14.6 Å². The molecule has 0 bridgehead atoms. The van der Waals surface area contributed by atoms with Crippen molar-refractivity contribution in [1.82, 2.24) is 9.97 Å². The molecule has 0 saturated carbocycles. The number of fused-ring (bicyclic) bond motifs is 1. The summed E-state index contributed by atoms with van der Waals surface area (Å²) in [5.74, 6) is 0.383. The third kappa shape index (κ3) is 3.79. The lowest BCUT2D eigenvalue weighted by Gasteiger charge is -2.12. The Labute approximate surface area is 166 Å². The maximum atomic E-state index is 11.1. The number of benzene rings is 3. The molecule has 3 aromatic carbocycles. The monoisotopic (exact) mass is 386 g/mol. The topological polar surface area (TPSA) is 110 Å². The molecule has 0 spiro atoms. The summed E-state index contributed by atoms with van der Waals surface area (Å²) in [4.78, 5) is 19.7. The first kappa shape index (κ1) is 18.2. The summed E-state index contributed by atoms with van der Waals surface area (Å²) >= 11 is 0. The molecule has 0 saturated heterocycles. The van der Waals surface area contributed by atoms with Gasteiger partial charge in [-0.15, -0.1) is 0 Å². The van der Waals surface area contributed by atoms with Gasteiger partial charge in [0.1, 0.15) is 5.75 Å². The van der Waals surface area contributed by atoms with Gasteiger partial charge in [-0.25, -0.2) is 9.78 Å². The van der Waals surface area contributed by atoms with Crippen LogP contribution in [0.1, 0.15) is 15.9 Å². The molecule has 7 heteroatoms. The van der Waals surface area contributed by atoms with E-state index in [9.17, 15) is 4.79 Å². The molecule has 1 aromatic heterocycles. The average Bonchev–Trinajstić information content (AvgIpc) is 2.72. The van der Waals surface area contributed by atoms with Crippen molar-refractivity contribution >= 4 is 34.1 Å².